The minimum Gasteiger partial charge on any atom is -0.143 e. The van der Waals surface area contributed by atoms with Crippen molar-refractivity contribution in [3.63, 3.8) is 0 Å². The van der Waals surface area contributed by atoms with Crippen molar-refractivity contribution in [1.29, 1.82) is 0 Å². The smallest absolute Gasteiger partial charge is 0.0682 e. The predicted molar refractivity (Wildman–Crippen MR) is 78.9 cm³/mol. The van der Waals surface area contributed by atoms with Crippen molar-refractivity contribution in [2.75, 3.05) is 11.5 Å². The average Bonchev–Trinajstić information content (AvgIpc) is 2.24. The lowest BCUT2D eigenvalue weighted by Crippen LogP contribution is -2.29. The normalized spacial score (nSPS) is 26.9. The molecule has 0 aromatic rings. The molecule has 1 aliphatic heterocycles. The van der Waals surface area contributed by atoms with Crippen LogP contribution in [0.1, 0.15) is 33.6 Å². The molecule has 0 spiro atoms. The van der Waals surface area contributed by atoms with Crippen LogP contribution in [-0.4, -0.2) is 16.1 Å². The fraction of sp³-hybridized carbons (Fsp3) is 0.714. The first-order valence-electron chi connectivity index (χ1n) is 5.87. The predicted octanol–water partition coefficient (Wildman–Crippen LogP) is 4.42. The summed E-state index contributed by atoms with van der Waals surface area (Å²) in [6.45, 7) is 7.05. The third-order valence-electron chi connectivity index (χ3n) is 2.90. The molecule has 90 valence electrons. The van der Waals surface area contributed by atoms with Gasteiger partial charge in [-0.3, -0.25) is 0 Å². The minimum absolute atomic E-state index is 0.457. The van der Waals surface area contributed by atoms with Crippen molar-refractivity contribution in [2.45, 2.75) is 38.2 Å². The summed E-state index contributed by atoms with van der Waals surface area (Å²) in [6, 6.07) is 0. The van der Waals surface area contributed by atoms with Crippen molar-refractivity contribution >= 4 is 23.5 Å². The molecule has 0 bridgehead atoms. The Balaban J connectivity index is 2.27. The molecule has 1 fully saturated rings. The molecule has 1 heterocycles. The molecule has 2 heteroatoms. The van der Waals surface area contributed by atoms with Crippen LogP contribution in [0, 0.1) is 23.7 Å². The number of allylic oxidation sites excluding steroid dienone is 1. The summed E-state index contributed by atoms with van der Waals surface area (Å²) in [5.74, 6) is 6.10. The Morgan fingerprint density at radius 1 is 1.31 bits per heavy atom. The van der Waals surface area contributed by atoms with Crippen LogP contribution in [0.5, 0.6) is 0 Å². The molecule has 0 nitrogen and oxygen atoms in total. The maximum Gasteiger partial charge on any atom is 0.0682 e. The van der Waals surface area contributed by atoms with E-state index in [0.717, 1.165) is 18.8 Å². The van der Waals surface area contributed by atoms with E-state index in [0.29, 0.717) is 10.00 Å². The van der Waals surface area contributed by atoms with Gasteiger partial charge in [0.2, 0.25) is 0 Å². The molecule has 1 aliphatic rings. The largest absolute Gasteiger partial charge is 0.143 e. The van der Waals surface area contributed by atoms with E-state index in [9.17, 15) is 0 Å². The minimum atomic E-state index is 0.457. The quantitative estimate of drug-likeness (QED) is 0.415. The Bertz CT molecular complexity index is 259. The maximum absolute atomic E-state index is 5.22. The van der Waals surface area contributed by atoms with Crippen molar-refractivity contribution in [3.8, 4) is 12.3 Å². The second-order valence-corrected chi connectivity index (χ2v) is 7.92. The lowest BCUT2D eigenvalue weighted by Gasteiger charge is -2.35. The fourth-order valence-corrected chi connectivity index (χ4v) is 5.03. The lowest BCUT2D eigenvalue weighted by atomic mass is 9.83. The molecule has 0 aromatic carbocycles. The summed E-state index contributed by atoms with van der Waals surface area (Å²) in [5, 5.41) is 0. The highest BCUT2D eigenvalue weighted by molar-refractivity contribution is 8.17. The summed E-state index contributed by atoms with van der Waals surface area (Å²) in [6.07, 6.45) is 11.7. The molecule has 0 atom stereocenters. The molecule has 0 aromatic heterocycles. The van der Waals surface area contributed by atoms with Crippen LogP contribution in [0.25, 0.3) is 0 Å². The number of unbranched alkanes of at least 4 members (excludes halogenated alkanes) is 1. The summed E-state index contributed by atoms with van der Waals surface area (Å²) in [5.41, 5.74) is 0.457. The highest BCUT2D eigenvalue weighted by Gasteiger charge is 2.29. The van der Waals surface area contributed by atoms with Gasteiger partial charge in [-0.05, 0) is 29.3 Å². The zero-order valence-electron chi connectivity index (χ0n) is 10.5. The van der Waals surface area contributed by atoms with Crippen molar-refractivity contribution in [3.05, 3.63) is 12.2 Å². The second kappa shape index (κ2) is 6.67. The SMILES string of the molecule is C#CCCC=CC1SCC(C(C)(C)C)CS1. The highest BCUT2D eigenvalue weighted by atomic mass is 32.2. The number of thioether (sulfide) groups is 2. The van der Waals surface area contributed by atoms with Crippen molar-refractivity contribution in [2.24, 2.45) is 11.3 Å². The van der Waals surface area contributed by atoms with Gasteiger partial charge < -0.3 is 0 Å². The third kappa shape index (κ3) is 4.89. The number of hydrogen-bond donors (Lipinski definition) is 0. The summed E-state index contributed by atoms with van der Waals surface area (Å²) in [7, 11) is 0. The Morgan fingerprint density at radius 2 is 1.94 bits per heavy atom. The standard InChI is InChI=1S/C14H22S2/c1-5-6-7-8-9-13-15-10-12(11-16-13)14(2,3)4/h1,8-9,12-13H,6-7,10-11H2,2-4H3. The van der Waals surface area contributed by atoms with Gasteiger partial charge in [-0.15, -0.1) is 35.9 Å². The highest BCUT2D eigenvalue weighted by Crippen LogP contribution is 2.41. The van der Waals surface area contributed by atoms with E-state index in [4.69, 9.17) is 6.42 Å². The van der Waals surface area contributed by atoms with Gasteiger partial charge in [0.05, 0.1) is 4.58 Å². The fourth-order valence-electron chi connectivity index (χ4n) is 1.50. The van der Waals surface area contributed by atoms with Crippen LogP contribution < -0.4 is 0 Å². The van der Waals surface area contributed by atoms with Gasteiger partial charge in [0.1, 0.15) is 0 Å². The molecule has 1 saturated heterocycles. The molecule has 0 saturated carbocycles. The number of hydrogen-bond acceptors (Lipinski definition) is 2. The first kappa shape index (κ1) is 14.1. The third-order valence-corrected chi connectivity index (χ3v) is 5.87. The zero-order chi connectivity index (χ0) is 12.0. The van der Waals surface area contributed by atoms with Crippen LogP contribution in [-0.2, 0) is 0 Å². The summed E-state index contributed by atoms with van der Waals surface area (Å²) >= 11 is 4.16. The Hall–Kier alpha value is -0.000000000000000111. The Labute approximate surface area is 109 Å². The van der Waals surface area contributed by atoms with Crippen LogP contribution in [0.3, 0.4) is 0 Å². The summed E-state index contributed by atoms with van der Waals surface area (Å²) < 4.78 is 0.649. The van der Waals surface area contributed by atoms with Crippen LogP contribution in [0.15, 0.2) is 12.2 Å². The molecule has 0 N–H and O–H groups in total. The Kier molecular flexibility index (Phi) is 5.86. The van der Waals surface area contributed by atoms with Crippen LogP contribution >= 0.6 is 23.5 Å². The average molecular weight is 254 g/mol. The molecular weight excluding hydrogens is 232 g/mol. The van der Waals surface area contributed by atoms with Crippen LogP contribution in [0.4, 0.5) is 0 Å². The van der Waals surface area contributed by atoms with Gasteiger partial charge in [0, 0.05) is 6.42 Å². The van der Waals surface area contributed by atoms with E-state index >= 15 is 0 Å². The van der Waals surface area contributed by atoms with Gasteiger partial charge in [0.15, 0.2) is 0 Å². The first-order chi connectivity index (χ1) is 7.54. The molecule has 0 unspecified atom stereocenters. The second-order valence-electron chi connectivity index (χ2n) is 5.27. The topological polar surface area (TPSA) is 0 Å². The van der Waals surface area contributed by atoms with Crippen molar-refractivity contribution < 1.29 is 0 Å². The van der Waals surface area contributed by atoms with Gasteiger partial charge in [-0.2, -0.15) is 0 Å². The lowest BCUT2D eigenvalue weighted by molar-refractivity contribution is 0.293. The van der Waals surface area contributed by atoms with E-state index in [1.165, 1.54) is 11.5 Å². The molecule has 0 amide bonds. The van der Waals surface area contributed by atoms with E-state index in [1.54, 1.807) is 0 Å². The monoisotopic (exact) mass is 254 g/mol. The molecule has 1 rings (SSSR count). The maximum atomic E-state index is 5.22. The van der Waals surface area contributed by atoms with E-state index in [-0.39, 0.29) is 0 Å². The van der Waals surface area contributed by atoms with Crippen LogP contribution in [0.2, 0.25) is 0 Å². The van der Waals surface area contributed by atoms with Gasteiger partial charge in [-0.25, -0.2) is 0 Å². The van der Waals surface area contributed by atoms with E-state index in [1.807, 2.05) is 0 Å². The van der Waals surface area contributed by atoms with Crippen molar-refractivity contribution in [1.82, 2.24) is 0 Å². The van der Waals surface area contributed by atoms with Gasteiger partial charge >= 0.3 is 0 Å². The number of rotatable bonds is 3. The first-order valence-corrected chi connectivity index (χ1v) is 7.97. The van der Waals surface area contributed by atoms with Gasteiger partial charge in [0.25, 0.3) is 0 Å². The molecule has 16 heavy (non-hydrogen) atoms. The van der Waals surface area contributed by atoms with E-state index in [2.05, 4.69) is 62.4 Å². The molecule has 0 aliphatic carbocycles. The van der Waals surface area contributed by atoms with Gasteiger partial charge in [-0.1, -0.05) is 32.9 Å². The number of terminal acetylenes is 1. The Morgan fingerprint density at radius 3 is 2.44 bits per heavy atom. The van der Waals surface area contributed by atoms with E-state index < -0.39 is 0 Å². The molecular formula is C14H22S2. The zero-order valence-corrected chi connectivity index (χ0v) is 12.2. The summed E-state index contributed by atoms with van der Waals surface area (Å²) in [4.78, 5) is 0. The molecule has 0 radical (unpaired) electrons.